The van der Waals surface area contributed by atoms with Crippen LogP contribution in [0.3, 0.4) is 0 Å². The van der Waals surface area contributed by atoms with Crippen molar-refractivity contribution in [1.29, 1.82) is 0 Å². The highest BCUT2D eigenvalue weighted by Gasteiger charge is 2.25. The fraction of sp³-hybridized carbons (Fsp3) is 0.667. The van der Waals surface area contributed by atoms with Crippen molar-refractivity contribution in [3.05, 3.63) is 21.1 Å². The summed E-state index contributed by atoms with van der Waals surface area (Å²) in [5.41, 5.74) is 0.0846. The fourth-order valence-corrected chi connectivity index (χ4v) is 2.92. The molecule has 0 radical (unpaired) electrons. The third-order valence-corrected chi connectivity index (χ3v) is 4.39. The SMILES string of the molecule is CCCC(C)N(C)c1sc(C(C)O)cc1[N+](=O)[O-]. The van der Waals surface area contributed by atoms with Crippen LogP contribution < -0.4 is 4.90 Å². The van der Waals surface area contributed by atoms with E-state index in [1.165, 1.54) is 17.4 Å². The molecule has 2 unspecified atom stereocenters. The fourth-order valence-electron chi connectivity index (χ4n) is 1.79. The van der Waals surface area contributed by atoms with Crippen LogP contribution in [0.1, 0.15) is 44.6 Å². The molecule has 0 saturated carbocycles. The van der Waals surface area contributed by atoms with Gasteiger partial charge in [0.05, 0.1) is 11.0 Å². The zero-order valence-corrected chi connectivity index (χ0v) is 12.0. The first-order valence-corrected chi connectivity index (χ1v) is 6.89. The average Bonchev–Trinajstić information content (AvgIpc) is 2.73. The van der Waals surface area contributed by atoms with E-state index < -0.39 is 6.10 Å². The minimum Gasteiger partial charge on any atom is -0.388 e. The summed E-state index contributed by atoms with van der Waals surface area (Å²) in [6.45, 7) is 5.76. The van der Waals surface area contributed by atoms with E-state index in [4.69, 9.17) is 0 Å². The van der Waals surface area contributed by atoms with Crippen molar-refractivity contribution in [2.45, 2.75) is 45.8 Å². The number of hydrogen-bond donors (Lipinski definition) is 1. The Labute approximate surface area is 111 Å². The van der Waals surface area contributed by atoms with Crippen LogP contribution in [0.2, 0.25) is 0 Å². The largest absolute Gasteiger partial charge is 0.388 e. The van der Waals surface area contributed by atoms with Gasteiger partial charge in [-0.2, -0.15) is 0 Å². The molecule has 1 N–H and O–H groups in total. The third-order valence-electron chi connectivity index (χ3n) is 3.01. The van der Waals surface area contributed by atoms with Crippen molar-refractivity contribution in [2.24, 2.45) is 0 Å². The monoisotopic (exact) mass is 272 g/mol. The molecule has 1 rings (SSSR count). The number of aliphatic hydroxyl groups is 1. The molecule has 1 aromatic heterocycles. The van der Waals surface area contributed by atoms with E-state index in [2.05, 4.69) is 13.8 Å². The Bertz CT molecular complexity index is 417. The van der Waals surface area contributed by atoms with Gasteiger partial charge in [0.25, 0.3) is 0 Å². The minimum atomic E-state index is -0.669. The summed E-state index contributed by atoms with van der Waals surface area (Å²) < 4.78 is 0. The summed E-state index contributed by atoms with van der Waals surface area (Å²) in [6.07, 6.45) is 1.35. The molecule has 0 saturated heterocycles. The summed E-state index contributed by atoms with van der Waals surface area (Å²) in [5.74, 6) is 0. The van der Waals surface area contributed by atoms with E-state index in [-0.39, 0.29) is 16.7 Å². The van der Waals surface area contributed by atoms with Crippen LogP contribution >= 0.6 is 11.3 Å². The van der Waals surface area contributed by atoms with Crippen LogP contribution in [0, 0.1) is 10.1 Å². The number of rotatable bonds is 6. The van der Waals surface area contributed by atoms with Crippen molar-refractivity contribution in [3.8, 4) is 0 Å². The Balaban J connectivity index is 3.09. The third kappa shape index (κ3) is 3.20. The summed E-state index contributed by atoms with van der Waals surface area (Å²) in [4.78, 5) is 13.2. The Morgan fingerprint density at radius 3 is 2.61 bits per heavy atom. The quantitative estimate of drug-likeness (QED) is 0.637. The highest BCUT2D eigenvalue weighted by molar-refractivity contribution is 7.16. The number of nitro groups is 1. The highest BCUT2D eigenvalue weighted by Crippen LogP contribution is 2.40. The first-order chi connectivity index (χ1) is 8.38. The molecule has 0 aliphatic rings. The summed E-state index contributed by atoms with van der Waals surface area (Å²) >= 11 is 1.29. The van der Waals surface area contributed by atoms with Crippen molar-refractivity contribution < 1.29 is 10.0 Å². The first-order valence-electron chi connectivity index (χ1n) is 6.07. The first kappa shape index (κ1) is 14.9. The highest BCUT2D eigenvalue weighted by atomic mass is 32.1. The number of anilines is 1. The standard InChI is InChI=1S/C12H20N2O3S/c1-5-6-8(2)13(4)12-10(14(16)17)7-11(18-12)9(3)15/h7-9,15H,5-6H2,1-4H3. The zero-order chi connectivity index (χ0) is 13.9. The van der Waals surface area contributed by atoms with Crippen molar-refractivity contribution in [3.63, 3.8) is 0 Å². The van der Waals surface area contributed by atoms with Gasteiger partial charge >= 0.3 is 5.69 Å². The molecule has 5 nitrogen and oxygen atoms in total. The average molecular weight is 272 g/mol. The second-order valence-corrected chi connectivity index (χ2v) is 5.58. The summed E-state index contributed by atoms with van der Waals surface area (Å²) in [5, 5.41) is 21.2. The molecular weight excluding hydrogens is 252 g/mol. The maximum atomic E-state index is 11.0. The van der Waals surface area contributed by atoms with Crippen LogP contribution in [-0.4, -0.2) is 23.1 Å². The molecule has 0 bridgehead atoms. The molecule has 0 amide bonds. The zero-order valence-electron chi connectivity index (χ0n) is 11.2. The van der Waals surface area contributed by atoms with Gasteiger partial charge in [0.2, 0.25) is 0 Å². The molecule has 2 atom stereocenters. The van der Waals surface area contributed by atoms with Gasteiger partial charge in [-0.05, 0) is 20.3 Å². The van der Waals surface area contributed by atoms with E-state index in [1.807, 2.05) is 11.9 Å². The molecule has 6 heteroatoms. The van der Waals surface area contributed by atoms with Crippen LogP contribution in [0.4, 0.5) is 10.7 Å². The van der Waals surface area contributed by atoms with Gasteiger partial charge in [0.15, 0.2) is 5.00 Å². The maximum Gasteiger partial charge on any atom is 0.304 e. The van der Waals surface area contributed by atoms with Crippen molar-refractivity contribution in [1.82, 2.24) is 0 Å². The van der Waals surface area contributed by atoms with Gasteiger partial charge in [-0.15, -0.1) is 11.3 Å². The summed E-state index contributed by atoms with van der Waals surface area (Å²) in [6, 6.07) is 1.72. The molecule has 1 heterocycles. The van der Waals surface area contributed by atoms with E-state index in [0.29, 0.717) is 9.88 Å². The smallest absolute Gasteiger partial charge is 0.304 e. The lowest BCUT2D eigenvalue weighted by Crippen LogP contribution is -2.28. The molecule has 0 aliphatic carbocycles. The molecular formula is C12H20N2O3S. The Kier molecular flexibility index (Phi) is 5.10. The second-order valence-electron chi connectivity index (χ2n) is 4.52. The number of aliphatic hydroxyl groups excluding tert-OH is 1. The van der Waals surface area contributed by atoms with E-state index in [1.54, 1.807) is 6.92 Å². The van der Waals surface area contributed by atoms with Gasteiger partial charge in [-0.3, -0.25) is 10.1 Å². The predicted octanol–water partition coefficient (Wildman–Crippen LogP) is 3.33. The lowest BCUT2D eigenvalue weighted by molar-refractivity contribution is -0.383. The molecule has 1 aromatic rings. The van der Waals surface area contributed by atoms with Crippen molar-refractivity contribution in [2.75, 3.05) is 11.9 Å². The topological polar surface area (TPSA) is 66.6 Å². The Hall–Kier alpha value is -1.14. The van der Waals surface area contributed by atoms with Gasteiger partial charge in [0, 0.05) is 24.0 Å². The Morgan fingerprint density at radius 1 is 1.56 bits per heavy atom. The van der Waals surface area contributed by atoms with Gasteiger partial charge < -0.3 is 10.0 Å². The van der Waals surface area contributed by atoms with Crippen LogP contribution in [-0.2, 0) is 0 Å². The molecule has 0 spiro atoms. The lowest BCUT2D eigenvalue weighted by Gasteiger charge is -2.24. The maximum absolute atomic E-state index is 11.0. The van der Waals surface area contributed by atoms with Crippen LogP contribution in [0.5, 0.6) is 0 Å². The van der Waals surface area contributed by atoms with Gasteiger partial charge in [-0.1, -0.05) is 13.3 Å². The number of hydrogen-bond acceptors (Lipinski definition) is 5. The van der Waals surface area contributed by atoms with Crippen LogP contribution in [0.25, 0.3) is 0 Å². The number of nitrogens with zero attached hydrogens (tertiary/aromatic N) is 2. The van der Waals surface area contributed by atoms with Gasteiger partial charge in [0.1, 0.15) is 0 Å². The predicted molar refractivity (Wildman–Crippen MR) is 74.4 cm³/mol. The van der Waals surface area contributed by atoms with E-state index in [9.17, 15) is 15.2 Å². The van der Waals surface area contributed by atoms with Crippen LogP contribution in [0.15, 0.2) is 6.07 Å². The van der Waals surface area contributed by atoms with Gasteiger partial charge in [-0.25, -0.2) is 0 Å². The van der Waals surface area contributed by atoms with E-state index >= 15 is 0 Å². The number of thiophene rings is 1. The van der Waals surface area contributed by atoms with Crippen molar-refractivity contribution >= 4 is 22.0 Å². The lowest BCUT2D eigenvalue weighted by atomic mass is 10.2. The molecule has 0 aromatic carbocycles. The molecule has 18 heavy (non-hydrogen) atoms. The Morgan fingerprint density at radius 2 is 2.17 bits per heavy atom. The molecule has 0 aliphatic heterocycles. The van der Waals surface area contributed by atoms with E-state index in [0.717, 1.165) is 12.8 Å². The molecule has 102 valence electrons. The second kappa shape index (κ2) is 6.15. The minimum absolute atomic E-state index is 0.0846. The molecule has 0 fully saturated rings. The summed E-state index contributed by atoms with van der Waals surface area (Å²) in [7, 11) is 1.87. The normalized spacial score (nSPS) is 14.3.